The molecule has 0 saturated carbocycles. The first-order chi connectivity index (χ1) is 8.54. The van der Waals surface area contributed by atoms with Crippen LogP contribution in [0.15, 0.2) is 12.1 Å². The average Bonchev–Trinajstić information content (AvgIpc) is 2.19. The minimum Gasteiger partial charge on any atom is -0.375 e. The van der Waals surface area contributed by atoms with Gasteiger partial charge in [-0.25, -0.2) is 8.78 Å². The van der Waals surface area contributed by atoms with Crippen molar-refractivity contribution in [3.8, 4) is 6.07 Å². The fourth-order valence-corrected chi connectivity index (χ4v) is 2.47. The molecule has 0 heterocycles. The van der Waals surface area contributed by atoms with Gasteiger partial charge in [-0.15, -0.1) is 0 Å². The number of hydrogen-bond donors (Lipinski definition) is 1. The van der Waals surface area contributed by atoms with Crippen molar-refractivity contribution in [2.75, 3.05) is 5.32 Å². The lowest BCUT2D eigenvalue weighted by atomic mass is 9.81. The van der Waals surface area contributed by atoms with Gasteiger partial charge in [0.2, 0.25) is 0 Å². The van der Waals surface area contributed by atoms with E-state index in [1.807, 2.05) is 13.8 Å². The van der Waals surface area contributed by atoms with Gasteiger partial charge in [-0.2, -0.15) is 5.26 Å². The van der Waals surface area contributed by atoms with Crippen molar-refractivity contribution in [2.45, 2.75) is 46.6 Å². The molecule has 0 atom stereocenters. The molecule has 1 aromatic carbocycles. The Morgan fingerprint density at radius 2 is 1.58 bits per heavy atom. The first-order valence-corrected chi connectivity index (χ1v) is 6.21. The first kappa shape index (κ1) is 15.4. The number of anilines is 1. The zero-order chi connectivity index (χ0) is 14.8. The fraction of sp³-hybridized carbons (Fsp3) is 0.533. The van der Waals surface area contributed by atoms with Crippen molar-refractivity contribution in [3.63, 3.8) is 0 Å². The Labute approximate surface area is 113 Å². The van der Waals surface area contributed by atoms with Gasteiger partial charge in [0, 0.05) is 5.54 Å². The van der Waals surface area contributed by atoms with Crippen molar-refractivity contribution in [1.82, 2.24) is 0 Å². The second kappa shape index (κ2) is 5.16. The summed E-state index contributed by atoms with van der Waals surface area (Å²) in [6.45, 7) is 10.0. The maximum Gasteiger partial charge on any atom is 0.150 e. The third-order valence-corrected chi connectivity index (χ3v) is 2.61. The van der Waals surface area contributed by atoms with Gasteiger partial charge >= 0.3 is 0 Å². The molecule has 2 nitrogen and oxygen atoms in total. The van der Waals surface area contributed by atoms with Crippen molar-refractivity contribution >= 4 is 5.69 Å². The topological polar surface area (TPSA) is 35.8 Å². The third kappa shape index (κ3) is 4.51. The quantitative estimate of drug-likeness (QED) is 0.876. The number of nitriles is 1. The van der Waals surface area contributed by atoms with E-state index >= 15 is 0 Å². The van der Waals surface area contributed by atoms with Crippen LogP contribution in [0.3, 0.4) is 0 Å². The Hall–Kier alpha value is -1.63. The number of rotatable bonds is 3. The van der Waals surface area contributed by atoms with Crippen molar-refractivity contribution < 1.29 is 8.78 Å². The van der Waals surface area contributed by atoms with Gasteiger partial charge in [-0.05, 0) is 37.8 Å². The van der Waals surface area contributed by atoms with Gasteiger partial charge in [0.15, 0.2) is 11.6 Å². The summed E-state index contributed by atoms with van der Waals surface area (Å²) in [6, 6.07) is 3.81. The van der Waals surface area contributed by atoms with Crippen LogP contribution in [-0.2, 0) is 0 Å². The van der Waals surface area contributed by atoms with E-state index in [1.165, 1.54) is 0 Å². The van der Waals surface area contributed by atoms with Crippen molar-refractivity contribution in [2.24, 2.45) is 5.41 Å². The molecular weight excluding hydrogens is 246 g/mol. The minimum atomic E-state index is -0.737. The summed E-state index contributed by atoms with van der Waals surface area (Å²) in [5.41, 5.74) is -0.605. The Bertz CT molecular complexity index is 485. The highest BCUT2D eigenvalue weighted by Crippen LogP contribution is 2.31. The van der Waals surface area contributed by atoms with Crippen molar-refractivity contribution in [3.05, 3.63) is 29.3 Å². The molecule has 0 unspecified atom stereocenters. The van der Waals surface area contributed by atoms with E-state index in [1.54, 1.807) is 6.07 Å². The van der Waals surface area contributed by atoms with Crippen LogP contribution >= 0.6 is 0 Å². The van der Waals surface area contributed by atoms with E-state index in [9.17, 15) is 8.78 Å². The van der Waals surface area contributed by atoms with Crippen LogP contribution in [0.5, 0.6) is 0 Å². The van der Waals surface area contributed by atoms with E-state index < -0.39 is 17.2 Å². The summed E-state index contributed by atoms with van der Waals surface area (Å²) < 4.78 is 27.6. The molecule has 0 bridgehead atoms. The molecule has 0 aromatic heterocycles. The summed E-state index contributed by atoms with van der Waals surface area (Å²) in [7, 11) is 0. The first-order valence-electron chi connectivity index (χ1n) is 6.21. The van der Waals surface area contributed by atoms with Gasteiger partial charge in [0.1, 0.15) is 5.69 Å². The molecule has 0 fully saturated rings. The molecule has 1 aromatic rings. The molecule has 0 aliphatic rings. The molecular formula is C15H20F2N2. The Morgan fingerprint density at radius 1 is 1.11 bits per heavy atom. The number of hydrogen-bond acceptors (Lipinski definition) is 2. The van der Waals surface area contributed by atoms with Crippen LogP contribution in [0.1, 0.15) is 46.6 Å². The predicted molar refractivity (Wildman–Crippen MR) is 72.8 cm³/mol. The second-order valence-electron chi connectivity index (χ2n) is 6.67. The lowest BCUT2D eigenvalue weighted by Gasteiger charge is -2.34. The summed E-state index contributed by atoms with van der Waals surface area (Å²) in [6.07, 6.45) is 0.749. The lowest BCUT2D eigenvalue weighted by Crippen LogP contribution is -2.36. The Morgan fingerprint density at radius 3 is 1.95 bits per heavy atom. The maximum atomic E-state index is 13.8. The molecule has 19 heavy (non-hydrogen) atoms. The largest absolute Gasteiger partial charge is 0.375 e. The SMILES string of the molecule is CC(C)(C)CC(C)(C)Nc1c(F)cc(C#N)cc1F. The fourth-order valence-electron chi connectivity index (χ4n) is 2.47. The maximum absolute atomic E-state index is 13.8. The lowest BCUT2D eigenvalue weighted by molar-refractivity contribution is 0.301. The van der Waals surface area contributed by atoms with Crippen molar-refractivity contribution in [1.29, 1.82) is 5.26 Å². The standard InChI is InChI=1S/C15H20F2N2/c1-14(2,3)9-15(4,5)19-13-11(16)6-10(8-18)7-12(13)17/h6-7,19H,9H2,1-5H3. The Kier molecular flexibility index (Phi) is 4.19. The van der Waals surface area contributed by atoms with Crippen LogP contribution in [-0.4, -0.2) is 5.54 Å². The molecule has 1 N–H and O–H groups in total. The van der Waals surface area contributed by atoms with Gasteiger partial charge in [0.05, 0.1) is 11.6 Å². The molecule has 0 radical (unpaired) electrons. The van der Waals surface area contributed by atoms with E-state index in [0.29, 0.717) is 0 Å². The van der Waals surface area contributed by atoms with Crippen LogP contribution in [0, 0.1) is 28.4 Å². The molecule has 0 saturated heterocycles. The van der Waals surface area contributed by atoms with E-state index in [4.69, 9.17) is 5.26 Å². The normalized spacial score (nSPS) is 12.1. The van der Waals surface area contributed by atoms with Gasteiger partial charge in [-0.3, -0.25) is 0 Å². The van der Waals surface area contributed by atoms with Crippen LogP contribution in [0.25, 0.3) is 0 Å². The van der Waals surface area contributed by atoms with Gasteiger partial charge in [0.25, 0.3) is 0 Å². The van der Waals surface area contributed by atoms with Gasteiger partial charge < -0.3 is 5.32 Å². The highest BCUT2D eigenvalue weighted by Gasteiger charge is 2.27. The zero-order valence-electron chi connectivity index (χ0n) is 12.1. The number of halogens is 2. The predicted octanol–water partition coefficient (Wildman–Crippen LogP) is 4.46. The highest BCUT2D eigenvalue weighted by atomic mass is 19.1. The monoisotopic (exact) mass is 266 g/mol. The number of nitrogens with one attached hydrogen (secondary N) is 1. The highest BCUT2D eigenvalue weighted by molar-refractivity contribution is 5.51. The van der Waals surface area contributed by atoms with Crippen LogP contribution < -0.4 is 5.32 Å². The summed E-state index contributed by atoms with van der Waals surface area (Å²) in [5, 5.41) is 11.6. The molecule has 104 valence electrons. The third-order valence-electron chi connectivity index (χ3n) is 2.61. The Balaban J connectivity index is 3.03. The molecule has 0 aliphatic heterocycles. The summed E-state index contributed by atoms with van der Waals surface area (Å²) >= 11 is 0. The van der Waals surface area contributed by atoms with E-state index in [2.05, 4.69) is 26.1 Å². The smallest absolute Gasteiger partial charge is 0.150 e. The molecule has 0 spiro atoms. The van der Waals surface area contributed by atoms with E-state index in [-0.39, 0.29) is 16.7 Å². The molecule has 1 rings (SSSR count). The molecule has 0 aliphatic carbocycles. The molecule has 0 amide bonds. The van der Waals surface area contributed by atoms with Crippen LogP contribution in [0.4, 0.5) is 14.5 Å². The second-order valence-corrected chi connectivity index (χ2v) is 6.67. The van der Waals surface area contributed by atoms with Crippen LogP contribution in [0.2, 0.25) is 0 Å². The molecule has 4 heteroatoms. The number of nitrogens with zero attached hydrogens (tertiary/aromatic N) is 1. The zero-order valence-corrected chi connectivity index (χ0v) is 12.1. The summed E-state index contributed by atoms with van der Waals surface area (Å²) in [5.74, 6) is -1.47. The van der Waals surface area contributed by atoms with E-state index in [0.717, 1.165) is 18.6 Å². The minimum absolute atomic E-state index is 0.0193. The van der Waals surface area contributed by atoms with Gasteiger partial charge in [-0.1, -0.05) is 20.8 Å². The summed E-state index contributed by atoms with van der Waals surface area (Å²) in [4.78, 5) is 0. The average molecular weight is 266 g/mol. The number of benzene rings is 1.